The summed E-state index contributed by atoms with van der Waals surface area (Å²) in [6.07, 6.45) is 2.23. The number of rotatable bonds is 4. The average Bonchev–Trinajstić information content (AvgIpc) is 2.95. The molecule has 0 saturated heterocycles. The van der Waals surface area contributed by atoms with Crippen molar-refractivity contribution in [3.63, 3.8) is 0 Å². The summed E-state index contributed by atoms with van der Waals surface area (Å²) in [4.78, 5) is 11.8. The number of fused-ring (bicyclic) bond motifs is 1. The van der Waals surface area contributed by atoms with Crippen molar-refractivity contribution in [2.45, 2.75) is 45.4 Å². The summed E-state index contributed by atoms with van der Waals surface area (Å²) in [5.74, 6) is 0. The van der Waals surface area contributed by atoms with Crippen LogP contribution in [0.2, 0.25) is 0 Å². The van der Waals surface area contributed by atoms with Crippen molar-refractivity contribution in [3.05, 3.63) is 53.3 Å². The van der Waals surface area contributed by atoms with Gasteiger partial charge in [-0.05, 0) is 38.3 Å². The van der Waals surface area contributed by atoms with Crippen LogP contribution in [0.5, 0.6) is 0 Å². The van der Waals surface area contributed by atoms with Gasteiger partial charge in [0, 0.05) is 6.20 Å². The molecular weight excluding hydrogens is 318 g/mol. The van der Waals surface area contributed by atoms with Crippen molar-refractivity contribution in [2.75, 3.05) is 13.2 Å². The zero-order chi connectivity index (χ0) is 17.9. The van der Waals surface area contributed by atoms with Crippen molar-refractivity contribution in [1.29, 1.82) is 0 Å². The molecule has 134 valence electrons. The van der Waals surface area contributed by atoms with E-state index < -0.39 is 11.7 Å². The first-order chi connectivity index (χ1) is 11.9. The highest BCUT2D eigenvalue weighted by Gasteiger charge is 2.26. The van der Waals surface area contributed by atoms with Gasteiger partial charge in [-0.1, -0.05) is 30.3 Å². The molecule has 25 heavy (non-hydrogen) atoms. The van der Waals surface area contributed by atoms with Crippen LogP contribution in [-0.2, 0) is 22.4 Å². The van der Waals surface area contributed by atoms with E-state index in [0.717, 1.165) is 18.7 Å². The summed E-state index contributed by atoms with van der Waals surface area (Å²) in [5.41, 5.74) is 2.77. The van der Waals surface area contributed by atoms with Gasteiger partial charge >= 0.3 is 6.09 Å². The number of hydrogen-bond donors (Lipinski definition) is 1. The van der Waals surface area contributed by atoms with Gasteiger partial charge in [-0.2, -0.15) is 5.10 Å². The molecule has 0 fully saturated rings. The van der Waals surface area contributed by atoms with Crippen LogP contribution >= 0.6 is 0 Å². The summed E-state index contributed by atoms with van der Waals surface area (Å²) in [5, 5.41) is 7.45. The van der Waals surface area contributed by atoms with E-state index in [1.807, 2.05) is 43.7 Å². The molecule has 2 aromatic rings. The Balaban J connectivity index is 1.64. The van der Waals surface area contributed by atoms with Gasteiger partial charge in [0.15, 0.2) is 0 Å². The normalized spacial score (nSPS) is 17.0. The zero-order valence-electron chi connectivity index (χ0n) is 15.0. The quantitative estimate of drug-likeness (QED) is 0.926. The number of aromatic nitrogens is 2. The van der Waals surface area contributed by atoms with Gasteiger partial charge in [-0.25, -0.2) is 4.79 Å². The molecule has 1 aliphatic rings. The molecule has 1 N–H and O–H groups in total. The van der Waals surface area contributed by atoms with Gasteiger partial charge in [-0.3, -0.25) is 4.68 Å². The van der Waals surface area contributed by atoms with E-state index in [4.69, 9.17) is 9.47 Å². The SMILES string of the molecule is CC(C)(C)OC(=O)NC[C@H]1OCCc2cn(Cc3ccccc3)nc21. The van der Waals surface area contributed by atoms with E-state index in [9.17, 15) is 4.79 Å². The Morgan fingerprint density at radius 1 is 1.36 bits per heavy atom. The third kappa shape index (κ3) is 4.82. The Hall–Kier alpha value is -2.34. The van der Waals surface area contributed by atoms with Gasteiger partial charge in [0.1, 0.15) is 11.7 Å². The molecule has 2 heterocycles. The molecule has 0 radical (unpaired) electrons. The lowest BCUT2D eigenvalue weighted by Gasteiger charge is -2.24. The van der Waals surface area contributed by atoms with Gasteiger partial charge in [0.25, 0.3) is 0 Å². The molecule has 3 rings (SSSR count). The lowest BCUT2D eigenvalue weighted by molar-refractivity contribution is 0.0270. The van der Waals surface area contributed by atoms with E-state index in [0.29, 0.717) is 13.2 Å². The lowest BCUT2D eigenvalue weighted by Crippen LogP contribution is -2.36. The van der Waals surface area contributed by atoms with Crippen molar-refractivity contribution in [2.24, 2.45) is 0 Å². The number of carbonyl (C=O) groups is 1. The predicted molar refractivity (Wildman–Crippen MR) is 94.4 cm³/mol. The maximum atomic E-state index is 11.8. The highest BCUT2D eigenvalue weighted by Crippen LogP contribution is 2.25. The zero-order valence-corrected chi connectivity index (χ0v) is 15.0. The second-order valence-corrected chi connectivity index (χ2v) is 7.21. The second-order valence-electron chi connectivity index (χ2n) is 7.21. The first kappa shape index (κ1) is 17.5. The van der Waals surface area contributed by atoms with Crippen LogP contribution < -0.4 is 5.32 Å². The summed E-state index contributed by atoms with van der Waals surface area (Å²) in [6, 6.07) is 10.2. The van der Waals surface area contributed by atoms with Crippen LogP contribution in [0.4, 0.5) is 4.79 Å². The minimum absolute atomic E-state index is 0.242. The number of carbonyl (C=O) groups excluding carboxylic acids is 1. The molecule has 1 atom stereocenters. The van der Waals surface area contributed by atoms with Crippen LogP contribution in [0.25, 0.3) is 0 Å². The molecule has 0 bridgehead atoms. The van der Waals surface area contributed by atoms with Crippen LogP contribution in [-0.4, -0.2) is 34.6 Å². The van der Waals surface area contributed by atoms with E-state index in [-0.39, 0.29) is 6.10 Å². The molecule has 6 heteroatoms. The molecule has 0 aliphatic carbocycles. The second kappa shape index (κ2) is 7.27. The van der Waals surface area contributed by atoms with Crippen LogP contribution in [0.3, 0.4) is 0 Å². The van der Waals surface area contributed by atoms with E-state index in [2.05, 4.69) is 28.7 Å². The monoisotopic (exact) mass is 343 g/mol. The molecule has 0 unspecified atom stereocenters. The third-order valence-corrected chi connectivity index (χ3v) is 3.88. The Morgan fingerprint density at radius 2 is 2.12 bits per heavy atom. The van der Waals surface area contributed by atoms with Gasteiger partial charge in [-0.15, -0.1) is 0 Å². The molecule has 1 aromatic heterocycles. The standard InChI is InChI=1S/C19H25N3O3/c1-19(2,3)25-18(23)20-11-16-17-15(9-10-24-16)13-22(21-17)12-14-7-5-4-6-8-14/h4-8,13,16H,9-12H2,1-3H3,(H,20,23)/t16-/m1/s1. The molecule has 1 aromatic carbocycles. The largest absolute Gasteiger partial charge is 0.444 e. The number of ether oxygens (including phenoxy) is 2. The number of hydrogen-bond acceptors (Lipinski definition) is 4. The summed E-state index contributed by atoms with van der Waals surface area (Å²) in [7, 11) is 0. The van der Waals surface area contributed by atoms with Gasteiger partial charge in [0.05, 0.1) is 25.4 Å². The predicted octanol–water partition coefficient (Wildman–Crippen LogP) is 3.07. The Kier molecular flexibility index (Phi) is 5.08. The number of alkyl carbamates (subject to hydrolysis) is 1. The van der Waals surface area contributed by atoms with Crippen molar-refractivity contribution < 1.29 is 14.3 Å². The fourth-order valence-corrected chi connectivity index (χ4v) is 2.83. The fourth-order valence-electron chi connectivity index (χ4n) is 2.83. The molecule has 0 spiro atoms. The smallest absolute Gasteiger partial charge is 0.407 e. The Bertz CT molecular complexity index is 719. The summed E-state index contributed by atoms with van der Waals surface area (Å²) in [6.45, 7) is 7.22. The lowest BCUT2D eigenvalue weighted by atomic mass is 10.1. The number of amides is 1. The molecule has 1 aliphatic heterocycles. The average molecular weight is 343 g/mol. The number of nitrogens with one attached hydrogen (secondary N) is 1. The first-order valence-electron chi connectivity index (χ1n) is 8.59. The molecule has 0 saturated carbocycles. The van der Waals surface area contributed by atoms with Crippen LogP contribution in [0.15, 0.2) is 36.5 Å². The van der Waals surface area contributed by atoms with Crippen molar-refractivity contribution >= 4 is 6.09 Å². The van der Waals surface area contributed by atoms with Gasteiger partial charge in [0.2, 0.25) is 0 Å². The summed E-state index contributed by atoms with van der Waals surface area (Å²) >= 11 is 0. The highest BCUT2D eigenvalue weighted by molar-refractivity contribution is 5.67. The summed E-state index contributed by atoms with van der Waals surface area (Å²) < 4.78 is 13.0. The highest BCUT2D eigenvalue weighted by atomic mass is 16.6. The molecular formula is C19H25N3O3. The molecule has 6 nitrogen and oxygen atoms in total. The van der Waals surface area contributed by atoms with E-state index >= 15 is 0 Å². The fraction of sp³-hybridized carbons (Fsp3) is 0.474. The maximum absolute atomic E-state index is 11.8. The van der Waals surface area contributed by atoms with Crippen molar-refractivity contribution in [3.8, 4) is 0 Å². The third-order valence-electron chi connectivity index (χ3n) is 3.88. The molecule has 1 amide bonds. The van der Waals surface area contributed by atoms with Gasteiger partial charge < -0.3 is 14.8 Å². The van der Waals surface area contributed by atoms with E-state index in [1.165, 1.54) is 11.1 Å². The first-order valence-corrected chi connectivity index (χ1v) is 8.59. The van der Waals surface area contributed by atoms with E-state index in [1.54, 1.807) is 0 Å². The van der Waals surface area contributed by atoms with Crippen LogP contribution in [0.1, 0.15) is 43.7 Å². The topological polar surface area (TPSA) is 65.4 Å². The maximum Gasteiger partial charge on any atom is 0.407 e. The Labute approximate surface area is 148 Å². The number of benzene rings is 1. The van der Waals surface area contributed by atoms with Crippen molar-refractivity contribution in [1.82, 2.24) is 15.1 Å². The minimum atomic E-state index is -0.514. The minimum Gasteiger partial charge on any atom is -0.444 e. The van der Waals surface area contributed by atoms with Crippen LogP contribution in [0, 0.1) is 0 Å². The Morgan fingerprint density at radius 3 is 2.84 bits per heavy atom. The number of nitrogens with zero attached hydrogens (tertiary/aromatic N) is 2.